The molecule has 2 heterocycles. The smallest absolute Gasteiger partial charge is 0.309 e. The van der Waals surface area contributed by atoms with Crippen LogP contribution in [0.4, 0.5) is 11.5 Å². The number of nitrogens with zero attached hydrogens (tertiary/aromatic N) is 3. The molecule has 14 heteroatoms. The van der Waals surface area contributed by atoms with E-state index in [0.29, 0.717) is 30.0 Å². The summed E-state index contributed by atoms with van der Waals surface area (Å²) in [6.45, 7) is 11.9. The molecule has 304 valence electrons. The van der Waals surface area contributed by atoms with Crippen LogP contribution < -0.4 is 16.4 Å². The van der Waals surface area contributed by atoms with Crippen molar-refractivity contribution in [2.24, 2.45) is 29.1 Å². The van der Waals surface area contributed by atoms with Gasteiger partial charge in [-0.2, -0.15) is 0 Å². The van der Waals surface area contributed by atoms with Crippen LogP contribution in [0.2, 0.25) is 0 Å². The van der Waals surface area contributed by atoms with Gasteiger partial charge in [-0.25, -0.2) is 10.0 Å². The van der Waals surface area contributed by atoms with Gasteiger partial charge >= 0.3 is 5.97 Å². The number of rotatable bonds is 21. The molecule has 6 N–H and O–H groups in total. The zero-order valence-corrected chi connectivity index (χ0v) is 34.4. The molecular weight excluding hydrogens is 721 g/mol. The number of anilines is 2. The molecule has 1 saturated heterocycles. The van der Waals surface area contributed by atoms with E-state index < -0.39 is 47.2 Å². The van der Waals surface area contributed by atoms with E-state index in [1.54, 1.807) is 31.4 Å². The molecule has 0 aliphatic carbocycles. The lowest BCUT2D eigenvalue weighted by molar-refractivity contribution is -0.214. The van der Waals surface area contributed by atoms with E-state index in [-0.39, 0.29) is 55.6 Å². The lowest BCUT2D eigenvalue weighted by Gasteiger charge is -2.38. The van der Waals surface area contributed by atoms with Crippen LogP contribution >= 0.6 is 11.3 Å². The second-order valence-electron chi connectivity index (χ2n) is 15.8. The molecule has 0 radical (unpaired) electrons. The molecule has 1 fully saturated rings. The molecule has 6 atom stereocenters. The van der Waals surface area contributed by atoms with Crippen LogP contribution in [0.25, 0.3) is 0 Å². The minimum Gasteiger partial charge on any atom is -0.481 e. The van der Waals surface area contributed by atoms with Crippen molar-refractivity contribution < 1.29 is 34.2 Å². The Balaban J connectivity index is 1.84. The van der Waals surface area contributed by atoms with E-state index in [9.17, 15) is 29.4 Å². The van der Waals surface area contributed by atoms with Crippen LogP contribution in [-0.4, -0.2) is 81.3 Å². The molecule has 1 aliphatic rings. The number of aliphatic hydroxyl groups excluding tert-OH is 1. The molecule has 0 unspecified atom stereocenters. The zero-order valence-electron chi connectivity index (χ0n) is 33.5. The average Bonchev–Trinajstić information content (AvgIpc) is 3.60. The standard InChI is InChI=1S/C41H62N6O7S/c1-9-11-14-21-54-47(39(51)35(27(5)10-2)37(50)45-34-15-12-13-20-46(34)8)31(26(3)4)23-32(48)38-44-33(25-55-38)43-36(49)29(24-41(6,7)40(52)53)22-28-16-18-30(42)19-17-28/h1,16-19,25-27,29,31-32,34-35,48H,10-15,20-24,42H2,2-8H3,(H,43,49)(H,45,50)(H,52,53)/t27-,29-,31+,32+,34+,35-/m0/s1. The molecule has 1 aliphatic heterocycles. The summed E-state index contributed by atoms with van der Waals surface area (Å²) < 4.78 is 0. The Hall–Kier alpha value is -4.03. The minimum atomic E-state index is -1.17. The number of terminal acetylenes is 1. The van der Waals surface area contributed by atoms with Crippen molar-refractivity contribution in [2.75, 3.05) is 31.2 Å². The number of unbranched alkanes of at least 4 members (excludes halogenated alkanes) is 1. The first-order chi connectivity index (χ1) is 26.0. The molecule has 0 saturated carbocycles. The Labute approximate surface area is 330 Å². The molecule has 13 nitrogen and oxygen atoms in total. The fourth-order valence-electron chi connectivity index (χ4n) is 6.75. The predicted molar refractivity (Wildman–Crippen MR) is 215 cm³/mol. The minimum absolute atomic E-state index is 0.0478. The third-order valence-electron chi connectivity index (χ3n) is 10.5. The number of nitrogens with one attached hydrogen (secondary N) is 2. The van der Waals surface area contributed by atoms with Gasteiger partial charge in [0.05, 0.1) is 24.2 Å². The number of likely N-dealkylation sites (tertiary alicyclic amines) is 1. The number of hydrogen-bond acceptors (Lipinski definition) is 10. The van der Waals surface area contributed by atoms with Gasteiger partial charge in [0.15, 0.2) is 0 Å². The second-order valence-corrected chi connectivity index (χ2v) is 16.7. The quantitative estimate of drug-likeness (QED) is 0.0337. The normalized spacial score (nSPS) is 17.7. The first kappa shape index (κ1) is 45.4. The number of thiazole rings is 1. The zero-order chi connectivity index (χ0) is 40.9. The highest BCUT2D eigenvalue weighted by Crippen LogP contribution is 2.33. The van der Waals surface area contributed by atoms with Crippen LogP contribution in [0.5, 0.6) is 0 Å². The number of amides is 3. The number of hydrogen-bond donors (Lipinski definition) is 5. The number of carbonyl (C=O) groups excluding carboxylic acids is 3. The molecule has 1 aromatic heterocycles. The number of nitrogen functional groups attached to an aromatic ring is 1. The summed E-state index contributed by atoms with van der Waals surface area (Å²) in [5, 5.41) is 30.6. The highest BCUT2D eigenvalue weighted by Gasteiger charge is 2.41. The summed E-state index contributed by atoms with van der Waals surface area (Å²) in [5.41, 5.74) is 6.08. The van der Waals surface area contributed by atoms with E-state index in [0.717, 1.165) is 42.7 Å². The third-order valence-corrected chi connectivity index (χ3v) is 11.5. The molecule has 0 bridgehead atoms. The molecule has 55 heavy (non-hydrogen) atoms. The Kier molecular flexibility index (Phi) is 17.6. The number of hydroxylamine groups is 2. The number of benzene rings is 1. The van der Waals surface area contributed by atoms with E-state index in [4.69, 9.17) is 17.0 Å². The van der Waals surface area contributed by atoms with Gasteiger partial charge in [0.2, 0.25) is 11.8 Å². The van der Waals surface area contributed by atoms with Crippen molar-refractivity contribution in [3.8, 4) is 12.3 Å². The van der Waals surface area contributed by atoms with Crippen molar-refractivity contribution in [3.63, 3.8) is 0 Å². The summed E-state index contributed by atoms with van der Waals surface area (Å²) in [6.07, 6.45) is 8.97. The number of nitrogens with two attached hydrogens (primary N) is 1. The van der Waals surface area contributed by atoms with Gasteiger partial charge in [-0.05, 0) is 95.5 Å². The number of aliphatic hydroxyl groups is 1. The lowest BCUT2D eigenvalue weighted by atomic mass is 9.80. The van der Waals surface area contributed by atoms with Crippen LogP contribution in [0, 0.1) is 41.4 Å². The van der Waals surface area contributed by atoms with Crippen molar-refractivity contribution in [2.45, 2.75) is 118 Å². The van der Waals surface area contributed by atoms with Gasteiger partial charge in [0.25, 0.3) is 5.91 Å². The van der Waals surface area contributed by atoms with E-state index in [1.807, 2.05) is 46.9 Å². The largest absolute Gasteiger partial charge is 0.481 e. The predicted octanol–water partition coefficient (Wildman–Crippen LogP) is 5.87. The van der Waals surface area contributed by atoms with Crippen LogP contribution in [0.3, 0.4) is 0 Å². The van der Waals surface area contributed by atoms with Crippen LogP contribution in [0.1, 0.15) is 110 Å². The number of piperidine rings is 1. The molecule has 3 rings (SSSR count). The highest BCUT2D eigenvalue weighted by molar-refractivity contribution is 7.10. The first-order valence-corrected chi connectivity index (χ1v) is 20.3. The maximum atomic E-state index is 14.5. The summed E-state index contributed by atoms with van der Waals surface area (Å²) in [6, 6.07) is 6.45. The van der Waals surface area contributed by atoms with E-state index >= 15 is 0 Å². The van der Waals surface area contributed by atoms with Gasteiger partial charge in [0, 0.05) is 29.8 Å². The summed E-state index contributed by atoms with van der Waals surface area (Å²) in [5.74, 6) is -1.61. The Morgan fingerprint density at radius 1 is 1.16 bits per heavy atom. The monoisotopic (exact) mass is 782 g/mol. The van der Waals surface area contributed by atoms with E-state index in [2.05, 4.69) is 26.4 Å². The number of carboxylic acids is 1. The van der Waals surface area contributed by atoms with Gasteiger partial charge in [-0.15, -0.1) is 23.7 Å². The fraction of sp³-hybridized carbons (Fsp3) is 0.634. The molecule has 0 spiro atoms. The Morgan fingerprint density at radius 3 is 2.45 bits per heavy atom. The number of carboxylic acid groups (broad SMARTS) is 1. The Morgan fingerprint density at radius 2 is 1.85 bits per heavy atom. The van der Waals surface area contributed by atoms with E-state index in [1.165, 1.54) is 5.06 Å². The molecule has 3 amide bonds. The highest BCUT2D eigenvalue weighted by atomic mass is 32.1. The second kappa shape index (κ2) is 21.3. The summed E-state index contributed by atoms with van der Waals surface area (Å²) in [7, 11) is 1.97. The number of aliphatic carboxylic acids is 1. The fourth-order valence-corrected chi connectivity index (χ4v) is 7.50. The Bertz CT molecular complexity index is 1610. The third kappa shape index (κ3) is 13.3. The van der Waals surface area contributed by atoms with Crippen LogP contribution in [-0.2, 0) is 30.4 Å². The summed E-state index contributed by atoms with van der Waals surface area (Å²) in [4.78, 5) is 66.8. The lowest BCUT2D eigenvalue weighted by Crippen LogP contribution is -2.55. The van der Waals surface area contributed by atoms with Gasteiger partial charge in [0.1, 0.15) is 22.8 Å². The maximum absolute atomic E-state index is 14.5. The van der Waals surface area contributed by atoms with Crippen molar-refractivity contribution in [3.05, 3.63) is 40.2 Å². The number of aromatic nitrogens is 1. The van der Waals surface area contributed by atoms with Gasteiger partial charge in [-0.1, -0.05) is 46.2 Å². The van der Waals surface area contributed by atoms with Crippen molar-refractivity contribution >= 4 is 46.5 Å². The topological polar surface area (TPSA) is 187 Å². The summed E-state index contributed by atoms with van der Waals surface area (Å²) >= 11 is 1.15. The molecular formula is C41H62N6O7S. The van der Waals surface area contributed by atoms with Crippen LogP contribution in [0.15, 0.2) is 29.6 Å². The van der Waals surface area contributed by atoms with Gasteiger partial charge in [-0.3, -0.25) is 28.9 Å². The molecule has 1 aromatic carbocycles. The van der Waals surface area contributed by atoms with Crippen molar-refractivity contribution in [1.82, 2.24) is 20.3 Å². The SMILES string of the molecule is C#CCCCON(C(=O)[C@H](C(=O)N[C@H]1CCCCN1C)[C@@H](C)CC)[C@H](C[C@@H](O)c1nc(NC(=O)[C@@H](Cc2ccc(N)cc2)CC(C)(C)C(=O)O)cs1)C(C)C. The number of carbonyl (C=O) groups is 4. The average molecular weight is 783 g/mol. The molecule has 2 aromatic rings. The maximum Gasteiger partial charge on any atom is 0.309 e. The van der Waals surface area contributed by atoms with Gasteiger partial charge < -0.3 is 26.6 Å². The van der Waals surface area contributed by atoms with Crippen molar-refractivity contribution in [1.29, 1.82) is 0 Å². The first-order valence-electron chi connectivity index (χ1n) is 19.4.